The number of carboxylic acid groups (broad SMARTS) is 1. The summed E-state index contributed by atoms with van der Waals surface area (Å²) in [6.45, 7) is 1.67. The van der Waals surface area contributed by atoms with Crippen molar-refractivity contribution in [3.05, 3.63) is 34.9 Å². The first kappa shape index (κ1) is 14.9. The first-order valence-electron chi connectivity index (χ1n) is 5.27. The average Bonchev–Trinajstić information content (AvgIpc) is 2.26. The van der Waals surface area contributed by atoms with Crippen LogP contribution in [0.3, 0.4) is 0 Å². The zero-order chi connectivity index (χ0) is 13.8. The van der Waals surface area contributed by atoms with Crippen LogP contribution >= 0.6 is 11.6 Å². The summed E-state index contributed by atoms with van der Waals surface area (Å²) >= 11 is 5.81. The standard InChI is InChI=1S/C11H14ClNO4S/c1-8(9-3-2-4-10(12)7-9)13-18(16,17)6-5-11(14)15/h2-4,7-8,13H,5-6H2,1H3,(H,14,15). The van der Waals surface area contributed by atoms with Gasteiger partial charge in [0.2, 0.25) is 10.0 Å². The second kappa shape index (κ2) is 6.17. The van der Waals surface area contributed by atoms with Gasteiger partial charge in [0.15, 0.2) is 0 Å². The summed E-state index contributed by atoms with van der Waals surface area (Å²) in [5.41, 5.74) is 0.724. The third kappa shape index (κ3) is 5.03. The van der Waals surface area contributed by atoms with Crippen molar-refractivity contribution in [1.29, 1.82) is 0 Å². The molecular formula is C11H14ClNO4S. The Labute approximate surface area is 111 Å². The number of carboxylic acids is 1. The highest BCUT2D eigenvalue weighted by molar-refractivity contribution is 7.89. The minimum Gasteiger partial charge on any atom is -0.481 e. The molecule has 0 aromatic heterocycles. The molecule has 0 saturated heterocycles. The van der Waals surface area contributed by atoms with Crippen molar-refractivity contribution in [2.45, 2.75) is 19.4 Å². The van der Waals surface area contributed by atoms with Crippen LogP contribution in [0.2, 0.25) is 5.02 Å². The van der Waals surface area contributed by atoms with Crippen molar-refractivity contribution in [2.75, 3.05) is 5.75 Å². The highest BCUT2D eigenvalue weighted by Gasteiger charge is 2.17. The quantitative estimate of drug-likeness (QED) is 0.837. The molecule has 1 atom stereocenters. The topological polar surface area (TPSA) is 83.5 Å². The van der Waals surface area contributed by atoms with Gasteiger partial charge in [-0.05, 0) is 24.6 Å². The van der Waals surface area contributed by atoms with Crippen LogP contribution in [0.4, 0.5) is 0 Å². The molecule has 1 rings (SSSR count). The number of aliphatic carboxylic acids is 1. The Morgan fingerprint density at radius 3 is 2.72 bits per heavy atom. The lowest BCUT2D eigenvalue weighted by Gasteiger charge is -2.14. The SMILES string of the molecule is CC(NS(=O)(=O)CCC(=O)O)c1cccc(Cl)c1. The monoisotopic (exact) mass is 291 g/mol. The summed E-state index contributed by atoms with van der Waals surface area (Å²) in [7, 11) is -3.61. The van der Waals surface area contributed by atoms with Crippen molar-refractivity contribution >= 4 is 27.6 Å². The van der Waals surface area contributed by atoms with Gasteiger partial charge in [0.25, 0.3) is 0 Å². The lowest BCUT2D eigenvalue weighted by Crippen LogP contribution is -2.30. The minimum atomic E-state index is -3.61. The number of hydrogen-bond acceptors (Lipinski definition) is 3. The maximum atomic E-state index is 11.6. The Kier molecular flexibility index (Phi) is 5.13. The molecule has 1 aromatic rings. The van der Waals surface area contributed by atoms with Gasteiger partial charge in [-0.1, -0.05) is 23.7 Å². The van der Waals surface area contributed by atoms with E-state index in [-0.39, 0.29) is 0 Å². The number of hydrogen-bond donors (Lipinski definition) is 2. The van der Waals surface area contributed by atoms with Crippen molar-refractivity contribution in [2.24, 2.45) is 0 Å². The van der Waals surface area contributed by atoms with Crippen LogP contribution in [0, 0.1) is 0 Å². The summed E-state index contributed by atoms with van der Waals surface area (Å²) < 4.78 is 25.6. The van der Waals surface area contributed by atoms with E-state index in [9.17, 15) is 13.2 Å². The molecule has 5 nitrogen and oxygen atoms in total. The molecule has 1 unspecified atom stereocenters. The highest BCUT2D eigenvalue weighted by atomic mass is 35.5. The van der Waals surface area contributed by atoms with Crippen LogP contribution in [0.15, 0.2) is 24.3 Å². The maximum Gasteiger partial charge on any atom is 0.304 e. The average molecular weight is 292 g/mol. The fourth-order valence-electron chi connectivity index (χ4n) is 1.39. The van der Waals surface area contributed by atoms with Gasteiger partial charge in [-0.15, -0.1) is 0 Å². The van der Waals surface area contributed by atoms with Gasteiger partial charge in [0.05, 0.1) is 12.2 Å². The Balaban J connectivity index is 2.69. The van der Waals surface area contributed by atoms with Gasteiger partial charge >= 0.3 is 5.97 Å². The molecule has 2 N–H and O–H groups in total. The van der Waals surface area contributed by atoms with Crippen molar-refractivity contribution in [1.82, 2.24) is 4.72 Å². The van der Waals surface area contributed by atoms with E-state index in [0.717, 1.165) is 5.56 Å². The molecule has 0 fully saturated rings. The predicted molar refractivity (Wildman–Crippen MR) is 69.0 cm³/mol. The van der Waals surface area contributed by atoms with E-state index in [1.807, 2.05) is 0 Å². The van der Waals surface area contributed by atoms with Gasteiger partial charge < -0.3 is 5.11 Å². The number of carbonyl (C=O) groups is 1. The first-order chi connectivity index (χ1) is 8.30. The van der Waals surface area contributed by atoms with Crippen LogP contribution < -0.4 is 4.72 Å². The van der Waals surface area contributed by atoms with Gasteiger partial charge in [0.1, 0.15) is 0 Å². The van der Waals surface area contributed by atoms with E-state index < -0.39 is 34.2 Å². The first-order valence-corrected chi connectivity index (χ1v) is 7.30. The number of nitrogens with one attached hydrogen (secondary N) is 1. The zero-order valence-corrected chi connectivity index (χ0v) is 11.3. The molecule has 0 spiro atoms. The molecule has 0 radical (unpaired) electrons. The summed E-state index contributed by atoms with van der Waals surface area (Å²) in [5.74, 6) is -1.58. The molecule has 0 aliphatic heterocycles. The van der Waals surface area contributed by atoms with E-state index in [2.05, 4.69) is 4.72 Å². The summed E-state index contributed by atoms with van der Waals surface area (Å²) in [6.07, 6.45) is -0.419. The molecule has 0 saturated carbocycles. The van der Waals surface area contributed by atoms with Crippen molar-refractivity contribution in [3.8, 4) is 0 Å². The lowest BCUT2D eigenvalue weighted by atomic mass is 10.1. The molecule has 18 heavy (non-hydrogen) atoms. The van der Waals surface area contributed by atoms with E-state index in [1.165, 1.54) is 0 Å². The maximum absolute atomic E-state index is 11.6. The van der Waals surface area contributed by atoms with Gasteiger partial charge in [-0.2, -0.15) is 0 Å². The van der Waals surface area contributed by atoms with Crippen LogP contribution in [0.1, 0.15) is 24.9 Å². The zero-order valence-electron chi connectivity index (χ0n) is 9.76. The van der Waals surface area contributed by atoms with Gasteiger partial charge in [-0.3, -0.25) is 4.79 Å². The fraction of sp³-hybridized carbons (Fsp3) is 0.364. The number of halogens is 1. The highest BCUT2D eigenvalue weighted by Crippen LogP contribution is 2.18. The molecule has 0 heterocycles. The van der Waals surface area contributed by atoms with E-state index in [4.69, 9.17) is 16.7 Å². The van der Waals surface area contributed by atoms with Crippen LogP contribution in [-0.2, 0) is 14.8 Å². The Morgan fingerprint density at radius 2 is 2.17 bits per heavy atom. The van der Waals surface area contributed by atoms with Crippen LogP contribution in [0.25, 0.3) is 0 Å². The molecule has 1 aromatic carbocycles. The van der Waals surface area contributed by atoms with Crippen molar-refractivity contribution in [3.63, 3.8) is 0 Å². The summed E-state index contributed by atoms with van der Waals surface area (Å²) in [6, 6.07) is 6.36. The molecule has 0 aliphatic carbocycles. The normalized spacial score (nSPS) is 13.2. The molecular weight excluding hydrogens is 278 g/mol. The number of sulfonamides is 1. The number of rotatable bonds is 6. The predicted octanol–water partition coefficient (Wildman–Crippen LogP) is 1.80. The lowest BCUT2D eigenvalue weighted by molar-refractivity contribution is -0.136. The van der Waals surface area contributed by atoms with E-state index in [1.54, 1.807) is 31.2 Å². The van der Waals surface area contributed by atoms with Crippen LogP contribution in [-0.4, -0.2) is 25.2 Å². The van der Waals surface area contributed by atoms with Crippen molar-refractivity contribution < 1.29 is 18.3 Å². The summed E-state index contributed by atoms with van der Waals surface area (Å²) in [4.78, 5) is 10.3. The van der Waals surface area contributed by atoms with Gasteiger partial charge in [0, 0.05) is 11.1 Å². The van der Waals surface area contributed by atoms with E-state index >= 15 is 0 Å². The third-order valence-electron chi connectivity index (χ3n) is 2.29. The number of benzene rings is 1. The second-order valence-electron chi connectivity index (χ2n) is 3.86. The molecule has 0 amide bonds. The summed E-state index contributed by atoms with van der Waals surface area (Å²) in [5, 5.41) is 8.97. The van der Waals surface area contributed by atoms with Crippen LogP contribution in [0.5, 0.6) is 0 Å². The fourth-order valence-corrected chi connectivity index (χ4v) is 2.83. The smallest absolute Gasteiger partial charge is 0.304 e. The molecule has 0 aliphatic rings. The minimum absolute atomic E-state index is 0.419. The molecule has 100 valence electrons. The van der Waals surface area contributed by atoms with E-state index in [0.29, 0.717) is 5.02 Å². The molecule has 7 heteroatoms. The van der Waals surface area contributed by atoms with Gasteiger partial charge in [-0.25, -0.2) is 13.1 Å². The molecule has 0 bridgehead atoms. The Morgan fingerprint density at radius 1 is 1.50 bits per heavy atom. The Bertz CT molecular complexity index is 530. The third-order valence-corrected chi connectivity index (χ3v) is 3.98. The second-order valence-corrected chi connectivity index (χ2v) is 6.17. The largest absolute Gasteiger partial charge is 0.481 e. The Hall–Kier alpha value is -1.11.